The standard InChI is InChI=1S/C13H11BrN4O2/c14-9-2-3-10(18-6-1-5-15-18)11(8-9)17-7-4-12(19)16-13(17)20/h1-3,5-6,8H,4,7H2,(H,16,19,20). The van der Waals surface area contributed by atoms with Gasteiger partial charge in [0.1, 0.15) is 0 Å². The van der Waals surface area contributed by atoms with E-state index in [0.29, 0.717) is 12.2 Å². The zero-order chi connectivity index (χ0) is 14.1. The summed E-state index contributed by atoms with van der Waals surface area (Å²) in [5, 5.41) is 6.51. The molecule has 2 heterocycles. The van der Waals surface area contributed by atoms with Crippen LogP contribution in [0.5, 0.6) is 0 Å². The molecule has 1 aliphatic heterocycles. The number of urea groups is 1. The van der Waals surface area contributed by atoms with Gasteiger partial charge in [-0.2, -0.15) is 5.10 Å². The molecule has 0 aliphatic carbocycles. The van der Waals surface area contributed by atoms with Gasteiger partial charge in [-0.25, -0.2) is 9.48 Å². The van der Waals surface area contributed by atoms with Crippen LogP contribution in [-0.4, -0.2) is 28.3 Å². The predicted octanol–water partition coefficient (Wildman–Crippen LogP) is 2.08. The molecule has 2 aromatic rings. The Balaban J connectivity index is 2.06. The lowest BCUT2D eigenvalue weighted by molar-refractivity contribution is -0.120. The van der Waals surface area contributed by atoms with E-state index in [-0.39, 0.29) is 12.3 Å². The second kappa shape index (κ2) is 5.09. The lowest BCUT2D eigenvalue weighted by atomic mass is 10.2. The Bertz CT molecular complexity index is 669. The van der Waals surface area contributed by atoms with E-state index < -0.39 is 6.03 Å². The number of anilines is 1. The Labute approximate surface area is 123 Å². The smallest absolute Gasteiger partial charge is 0.291 e. The van der Waals surface area contributed by atoms with Crippen LogP contribution in [0.3, 0.4) is 0 Å². The van der Waals surface area contributed by atoms with Gasteiger partial charge in [0, 0.05) is 29.8 Å². The third-order valence-corrected chi connectivity index (χ3v) is 3.53. The van der Waals surface area contributed by atoms with Crippen molar-refractivity contribution in [3.63, 3.8) is 0 Å². The Hall–Kier alpha value is -2.15. The first kappa shape index (κ1) is 12.9. The van der Waals surface area contributed by atoms with Gasteiger partial charge in [-0.15, -0.1) is 0 Å². The molecule has 6 nitrogen and oxygen atoms in total. The van der Waals surface area contributed by atoms with E-state index in [1.54, 1.807) is 22.0 Å². The van der Waals surface area contributed by atoms with Crippen molar-refractivity contribution in [1.82, 2.24) is 15.1 Å². The quantitative estimate of drug-likeness (QED) is 0.914. The number of amides is 3. The Morgan fingerprint density at radius 3 is 2.80 bits per heavy atom. The Kier molecular flexibility index (Phi) is 3.27. The molecule has 20 heavy (non-hydrogen) atoms. The van der Waals surface area contributed by atoms with Crippen LogP contribution >= 0.6 is 15.9 Å². The maximum absolute atomic E-state index is 12.0. The van der Waals surface area contributed by atoms with Gasteiger partial charge in [0.25, 0.3) is 0 Å². The van der Waals surface area contributed by atoms with Crippen LogP contribution < -0.4 is 10.2 Å². The largest absolute Gasteiger partial charge is 0.328 e. The average Bonchev–Trinajstić information content (AvgIpc) is 2.92. The van der Waals surface area contributed by atoms with Gasteiger partial charge in [0.15, 0.2) is 0 Å². The first-order chi connectivity index (χ1) is 9.65. The molecule has 0 spiro atoms. The maximum atomic E-state index is 12.0. The third kappa shape index (κ3) is 2.32. The molecule has 0 atom stereocenters. The number of nitrogens with one attached hydrogen (secondary N) is 1. The fourth-order valence-electron chi connectivity index (χ4n) is 2.11. The highest BCUT2D eigenvalue weighted by molar-refractivity contribution is 9.10. The van der Waals surface area contributed by atoms with E-state index in [2.05, 4.69) is 26.3 Å². The number of carbonyl (C=O) groups is 2. The molecule has 1 saturated heterocycles. The first-order valence-corrected chi connectivity index (χ1v) is 6.85. The summed E-state index contributed by atoms with van der Waals surface area (Å²) in [7, 11) is 0. The van der Waals surface area contributed by atoms with Crippen LogP contribution in [0.1, 0.15) is 6.42 Å². The zero-order valence-electron chi connectivity index (χ0n) is 10.4. The molecule has 1 aromatic heterocycles. The summed E-state index contributed by atoms with van der Waals surface area (Å²) in [6, 6.07) is 6.99. The fraction of sp³-hybridized carbons (Fsp3) is 0.154. The van der Waals surface area contributed by atoms with Gasteiger partial charge in [-0.1, -0.05) is 15.9 Å². The highest BCUT2D eigenvalue weighted by atomic mass is 79.9. The summed E-state index contributed by atoms with van der Waals surface area (Å²) in [6.07, 6.45) is 3.77. The molecule has 102 valence electrons. The number of halogens is 1. The van der Waals surface area contributed by atoms with Gasteiger partial charge < -0.3 is 0 Å². The van der Waals surface area contributed by atoms with E-state index in [0.717, 1.165) is 10.2 Å². The molecule has 3 amide bonds. The Morgan fingerprint density at radius 2 is 2.10 bits per heavy atom. The van der Waals surface area contributed by atoms with Crippen molar-refractivity contribution in [2.24, 2.45) is 0 Å². The molecule has 1 aromatic carbocycles. The maximum Gasteiger partial charge on any atom is 0.328 e. The number of benzene rings is 1. The fourth-order valence-corrected chi connectivity index (χ4v) is 2.46. The van der Waals surface area contributed by atoms with Gasteiger partial charge >= 0.3 is 6.03 Å². The number of hydrogen-bond acceptors (Lipinski definition) is 3. The lowest BCUT2D eigenvalue weighted by Crippen LogP contribution is -2.49. The molecule has 3 rings (SSSR count). The molecule has 0 unspecified atom stereocenters. The SMILES string of the molecule is O=C1CCN(c2cc(Br)ccc2-n2cccn2)C(=O)N1. The van der Waals surface area contributed by atoms with Crippen molar-refractivity contribution in [3.8, 4) is 5.69 Å². The van der Waals surface area contributed by atoms with Crippen LogP contribution in [0.2, 0.25) is 0 Å². The summed E-state index contributed by atoms with van der Waals surface area (Å²) < 4.78 is 2.54. The van der Waals surface area contributed by atoms with E-state index >= 15 is 0 Å². The number of hydrogen-bond donors (Lipinski definition) is 1. The molecular weight excluding hydrogens is 324 g/mol. The topological polar surface area (TPSA) is 67.2 Å². The second-order valence-electron chi connectivity index (χ2n) is 4.34. The molecule has 0 bridgehead atoms. The zero-order valence-corrected chi connectivity index (χ0v) is 12.0. The number of aromatic nitrogens is 2. The van der Waals surface area contributed by atoms with Crippen LogP contribution in [0.15, 0.2) is 41.1 Å². The first-order valence-electron chi connectivity index (χ1n) is 6.06. The van der Waals surface area contributed by atoms with Crippen molar-refractivity contribution in [1.29, 1.82) is 0 Å². The molecule has 7 heteroatoms. The number of imide groups is 1. The second-order valence-corrected chi connectivity index (χ2v) is 5.25. The van der Waals surface area contributed by atoms with Crippen molar-refractivity contribution in [2.75, 3.05) is 11.4 Å². The van der Waals surface area contributed by atoms with Crippen molar-refractivity contribution in [3.05, 3.63) is 41.1 Å². The summed E-state index contributed by atoms with van der Waals surface area (Å²) in [6.45, 7) is 0.357. The van der Waals surface area contributed by atoms with E-state index in [4.69, 9.17) is 0 Å². The lowest BCUT2D eigenvalue weighted by Gasteiger charge is -2.28. The minimum absolute atomic E-state index is 0.248. The summed E-state index contributed by atoms with van der Waals surface area (Å²) in [4.78, 5) is 24.8. The molecule has 0 radical (unpaired) electrons. The number of rotatable bonds is 2. The van der Waals surface area contributed by atoms with Crippen molar-refractivity contribution >= 4 is 33.6 Å². The van der Waals surface area contributed by atoms with Crippen LogP contribution in [-0.2, 0) is 4.79 Å². The molecule has 1 fully saturated rings. The molecule has 0 saturated carbocycles. The van der Waals surface area contributed by atoms with Gasteiger partial charge in [-0.05, 0) is 24.3 Å². The number of carbonyl (C=O) groups excluding carboxylic acids is 2. The van der Waals surface area contributed by atoms with E-state index in [1.807, 2.05) is 24.3 Å². The van der Waals surface area contributed by atoms with Crippen molar-refractivity contribution < 1.29 is 9.59 Å². The monoisotopic (exact) mass is 334 g/mol. The van der Waals surface area contributed by atoms with Gasteiger partial charge in [0.2, 0.25) is 5.91 Å². The highest BCUT2D eigenvalue weighted by Crippen LogP contribution is 2.29. The molecule has 1 aliphatic rings. The minimum Gasteiger partial charge on any atom is -0.291 e. The Morgan fingerprint density at radius 1 is 1.25 bits per heavy atom. The van der Waals surface area contributed by atoms with Crippen molar-refractivity contribution in [2.45, 2.75) is 6.42 Å². The third-order valence-electron chi connectivity index (χ3n) is 3.03. The summed E-state index contributed by atoms with van der Waals surface area (Å²) in [5.41, 5.74) is 1.48. The predicted molar refractivity (Wildman–Crippen MR) is 76.8 cm³/mol. The number of nitrogens with zero attached hydrogens (tertiary/aromatic N) is 3. The molecular formula is C13H11BrN4O2. The minimum atomic E-state index is -0.409. The summed E-state index contributed by atoms with van der Waals surface area (Å²) in [5.74, 6) is -0.248. The average molecular weight is 335 g/mol. The van der Waals surface area contributed by atoms with Crippen LogP contribution in [0, 0.1) is 0 Å². The van der Waals surface area contributed by atoms with E-state index in [9.17, 15) is 9.59 Å². The highest BCUT2D eigenvalue weighted by Gasteiger charge is 2.26. The van der Waals surface area contributed by atoms with E-state index in [1.165, 1.54) is 0 Å². The van der Waals surface area contributed by atoms with Crippen LogP contribution in [0.25, 0.3) is 5.69 Å². The van der Waals surface area contributed by atoms with Gasteiger partial charge in [-0.3, -0.25) is 15.0 Å². The van der Waals surface area contributed by atoms with Crippen LogP contribution in [0.4, 0.5) is 10.5 Å². The van der Waals surface area contributed by atoms with Gasteiger partial charge in [0.05, 0.1) is 11.4 Å². The molecule has 1 N–H and O–H groups in total. The summed E-state index contributed by atoms with van der Waals surface area (Å²) >= 11 is 3.40. The normalized spacial score (nSPS) is 15.3.